The summed E-state index contributed by atoms with van der Waals surface area (Å²) in [6.45, 7) is 6.64. The summed E-state index contributed by atoms with van der Waals surface area (Å²) in [6.07, 6.45) is -0.176. The van der Waals surface area contributed by atoms with Crippen LogP contribution >= 0.6 is 0 Å². The average molecular weight is 329 g/mol. The summed E-state index contributed by atoms with van der Waals surface area (Å²) in [6, 6.07) is 6.39. The molecule has 1 aromatic carbocycles. The van der Waals surface area contributed by atoms with E-state index >= 15 is 0 Å². The lowest BCUT2D eigenvalue weighted by atomic mass is 10.1. The van der Waals surface area contributed by atoms with Gasteiger partial charge in [0.2, 0.25) is 0 Å². The van der Waals surface area contributed by atoms with Crippen LogP contribution in [0.2, 0.25) is 0 Å². The Bertz CT molecular complexity index is 752. The molecule has 1 aromatic heterocycles. The number of aromatic nitrogens is 3. The predicted octanol–water partition coefficient (Wildman–Crippen LogP) is 2.51. The van der Waals surface area contributed by atoms with E-state index in [1.54, 1.807) is 6.07 Å². The molecule has 2 aromatic rings. The van der Waals surface area contributed by atoms with Crippen LogP contribution in [0.25, 0.3) is 0 Å². The Morgan fingerprint density at radius 3 is 3.04 bits per heavy atom. The highest BCUT2D eigenvalue weighted by Gasteiger charge is 2.25. The molecule has 1 atom stereocenters. The van der Waals surface area contributed by atoms with E-state index in [9.17, 15) is 9.65 Å². The van der Waals surface area contributed by atoms with Gasteiger partial charge < -0.3 is 4.74 Å². The van der Waals surface area contributed by atoms with E-state index in [1.165, 1.54) is 12.1 Å². The van der Waals surface area contributed by atoms with Crippen molar-refractivity contribution < 1.29 is 9.13 Å². The summed E-state index contributed by atoms with van der Waals surface area (Å²) >= 11 is 0. The van der Waals surface area contributed by atoms with E-state index in [0.29, 0.717) is 25.3 Å². The van der Waals surface area contributed by atoms with E-state index in [1.807, 2.05) is 13.8 Å². The van der Waals surface area contributed by atoms with Crippen molar-refractivity contribution in [1.29, 1.82) is 5.26 Å². The molecule has 1 aliphatic rings. The van der Waals surface area contributed by atoms with Gasteiger partial charge in [-0.3, -0.25) is 10.00 Å². The summed E-state index contributed by atoms with van der Waals surface area (Å²) in [5.74, 6) is 1.36. The van der Waals surface area contributed by atoms with Crippen molar-refractivity contribution in [1.82, 2.24) is 20.1 Å². The largest absolute Gasteiger partial charge is 0.368 e. The number of nitrogens with one attached hydrogen (secondary N) is 1. The topological polar surface area (TPSA) is 77.8 Å². The summed E-state index contributed by atoms with van der Waals surface area (Å²) in [7, 11) is 0. The van der Waals surface area contributed by atoms with Crippen LogP contribution < -0.4 is 0 Å². The second-order valence-electron chi connectivity index (χ2n) is 6.24. The van der Waals surface area contributed by atoms with Crippen LogP contribution in [0.15, 0.2) is 18.2 Å². The minimum absolute atomic E-state index is 0.176. The van der Waals surface area contributed by atoms with E-state index in [2.05, 4.69) is 26.2 Å². The van der Waals surface area contributed by atoms with Crippen molar-refractivity contribution in [2.45, 2.75) is 32.4 Å². The summed E-state index contributed by atoms with van der Waals surface area (Å²) in [5.41, 5.74) is 1.19. The Kier molecular flexibility index (Phi) is 4.88. The van der Waals surface area contributed by atoms with Crippen molar-refractivity contribution >= 4 is 0 Å². The first-order valence-corrected chi connectivity index (χ1v) is 8.01. The number of nitrogens with zero attached hydrogens (tertiary/aromatic N) is 4. The van der Waals surface area contributed by atoms with Gasteiger partial charge in [0.05, 0.1) is 18.2 Å². The minimum Gasteiger partial charge on any atom is -0.368 e. The number of halogens is 1. The molecule has 24 heavy (non-hydrogen) atoms. The number of aromatic amines is 1. The Morgan fingerprint density at radius 2 is 2.33 bits per heavy atom. The van der Waals surface area contributed by atoms with E-state index < -0.39 is 5.82 Å². The van der Waals surface area contributed by atoms with E-state index in [4.69, 9.17) is 4.74 Å². The molecule has 0 unspecified atom stereocenters. The molecule has 1 fully saturated rings. The molecular formula is C17H20FN5O. The third kappa shape index (κ3) is 3.61. The van der Waals surface area contributed by atoms with Gasteiger partial charge in [0.15, 0.2) is 11.6 Å². The highest BCUT2D eigenvalue weighted by Crippen LogP contribution is 2.23. The van der Waals surface area contributed by atoms with Crippen molar-refractivity contribution in [3.05, 3.63) is 46.8 Å². The summed E-state index contributed by atoms with van der Waals surface area (Å²) in [4.78, 5) is 6.68. The number of morpholine rings is 1. The SMILES string of the molecule is CC(C)c1n[nH]c([C@@H]2CN(Cc3ccc(F)cc3C#N)CCO2)n1. The number of nitriles is 1. The molecule has 1 aliphatic heterocycles. The average Bonchev–Trinajstić information content (AvgIpc) is 3.07. The maximum absolute atomic E-state index is 13.3. The van der Waals surface area contributed by atoms with Gasteiger partial charge in [0.1, 0.15) is 11.9 Å². The van der Waals surface area contributed by atoms with Gasteiger partial charge in [0, 0.05) is 25.6 Å². The second-order valence-corrected chi connectivity index (χ2v) is 6.24. The van der Waals surface area contributed by atoms with Gasteiger partial charge in [-0.1, -0.05) is 19.9 Å². The zero-order chi connectivity index (χ0) is 17.1. The van der Waals surface area contributed by atoms with Crippen LogP contribution in [0.5, 0.6) is 0 Å². The van der Waals surface area contributed by atoms with Crippen LogP contribution in [-0.4, -0.2) is 39.8 Å². The predicted molar refractivity (Wildman–Crippen MR) is 85.6 cm³/mol. The zero-order valence-electron chi connectivity index (χ0n) is 13.8. The normalized spacial score (nSPS) is 18.7. The highest BCUT2D eigenvalue weighted by molar-refractivity contribution is 5.37. The molecule has 0 spiro atoms. The highest BCUT2D eigenvalue weighted by atomic mass is 19.1. The van der Waals surface area contributed by atoms with Gasteiger partial charge in [-0.25, -0.2) is 9.37 Å². The van der Waals surface area contributed by atoms with Gasteiger partial charge in [-0.05, 0) is 17.7 Å². The fourth-order valence-corrected chi connectivity index (χ4v) is 2.73. The molecule has 1 N–H and O–H groups in total. The molecule has 0 radical (unpaired) electrons. The molecule has 126 valence electrons. The Morgan fingerprint density at radius 1 is 1.50 bits per heavy atom. The smallest absolute Gasteiger partial charge is 0.155 e. The number of H-pyrrole nitrogens is 1. The quantitative estimate of drug-likeness (QED) is 0.932. The number of ether oxygens (including phenoxy) is 1. The van der Waals surface area contributed by atoms with Gasteiger partial charge in [-0.2, -0.15) is 10.4 Å². The fraction of sp³-hybridized carbons (Fsp3) is 0.471. The maximum atomic E-state index is 13.3. The summed E-state index contributed by atoms with van der Waals surface area (Å²) in [5, 5.41) is 16.3. The zero-order valence-corrected chi connectivity index (χ0v) is 13.8. The maximum Gasteiger partial charge on any atom is 0.155 e. The first-order chi connectivity index (χ1) is 11.6. The van der Waals surface area contributed by atoms with E-state index in [0.717, 1.165) is 23.8 Å². The van der Waals surface area contributed by atoms with Crippen molar-refractivity contribution in [3.8, 4) is 6.07 Å². The molecule has 0 saturated carbocycles. The lowest BCUT2D eigenvalue weighted by Gasteiger charge is -2.32. The molecule has 0 bridgehead atoms. The standard InChI is InChI=1S/C17H20FN5O/c1-11(2)16-20-17(22-21-16)15-10-23(5-6-24-15)9-12-3-4-14(18)7-13(12)8-19/h3-4,7,11,15H,5-6,9-10H2,1-2H3,(H,20,21,22)/t15-/m0/s1. The number of hydrogen-bond donors (Lipinski definition) is 1. The number of benzene rings is 1. The first kappa shape index (κ1) is 16.6. The van der Waals surface area contributed by atoms with Crippen molar-refractivity contribution in [2.75, 3.05) is 19.7 Å². The van der Waals surface area contributed by atoms with Crippen molar-refractivity contribution in [2.24, 2.45) is 0 Å². The van der Waals surface area contributed by atoms with Gasteiger partial charge >= 0.3 is 0 Å². The summed E-state index contributed by atoms with van der Waals surface area (Å²) < 4.78 is 19.1. The minimum atomic E-state index is -0.391. The van der Waals surface area contributed by atoms with Gasteiger partial charge in [-0.15, -0.1) is 0 Å². The molecular weight excluding hydrogens is 309 g/mol. The Labute approximate surface area is 140 Å². The molecule has 6 nitrogen and oxygen atoms in total. The van der Waals surface area contributed by atoms with Crippen LogP contribution in [0.4, 0.5) is 4.39 Å². The molecule has 1 saturated heterocycles. The molecule has 0 aliphatic carbocycles. The third-order valence-corrected chi connectivity index (χ3v) is 4.08. The van der Waals surface area contributed by atoms with E-state index in [-0.39, 0.29) is 12.0 Å². The van der Waals surface area contributed by atoms with Crippen molar-refractivity contribution in [3.63, 3.8) is 0 Å². The molecule has 2 heterocycles. The lowest BCUT2D eigenvalue weighted by Crippen LogP contribution is -2.38. The Hall–Kier alpha value is -2.30. The first-order valence-electron chi connectivity index (χ1n) is 8.01. The van der Waals surface area contributed by atoms with Gasteiger partial charge in [0.25, 0.3) is 0 Å². The third-order valence-electron chi connectivity index (χ3n) is 4.08. The Balaban J connectivity index is 1.71. The lowest BCUT2D eigenvalue weighted by molar-refractivity contribution is -0.0371. The second kappa shape index (κ2) is 7.07. The molecule has 3 rings (SSSR count). The monoisotopic (exact) mass is 329 g/mol. The number of rotatable bonds is 4. The van der Waals surface area contributed by atoms with Crippen LogP contribution in [0.3, 0.4) is 0 Å². The van der Waals surface area contributed by atoms with Crippen LogP contribution in [-0.2, 0) is 11.3 Å². The fourth-order valence-electron chi connectivity index (χ4n) is 2.73. The molecule has 7 heteroatoms. The van der Waals surface area contributed by atoms with Crippen LogP contribution in [0, 0.1) is 17.1 Å². The number of hydrogen-bond acceptors (Lipinski definition) is 5. The van der Waals surface area contributed by atoms with Crippen LogP contribution in [0.1, 0.15) is 48.6 Å². The molecule has 0 amide bonds.